The molecule has 2 N–H and O–H groups in total. The second kappa shape index (κ2) is 5.12. The lowest BCUT2D eigenvalue weighted by Crippen LogP contribution is -2.61. The van der Waals surface area contributed by atoms with E-state index < -0.39 is 24.0 Å². The molecule has 9 heteroatoms. The maximum absolute atomic E-state index is 12.7. The Morgan fingerprint density at radius 3 is 2.65 bits per heavy atom. The van der Waals surface area contributed by atoms with Crippen molar-refractivity contribution in [3.8, 4) is 0 Å². The number of carbonyl (C=O) groups is 4. The average Bonchev–Trinajstić information content (AvgIpc) is 3.19. The lowest BCUT2D eigenvalue weighted by molar-refractivity contribution is -0.158. The van der Waals surface area contributed by atoms with Crippen LogP contribution in [0.2, 0.25) is 0 Å². The van der Waals surface area contributed by atoms with Crippen LogP contribution < -0.4 is 5.73 Å². The van der Waals surface area contributed by atoms with Crippen LogP contribution in [-0.4, -0.2) is 80.7 Å². The fourth-order valence-electron chi connectivity index (χ4n) is 4.08. The number of carbonyl (C=O) groups excluding carboxylic acids is 4. The van der Waals surface area contributed by atoms with Gasteiger partial charge in [0.15, 0.2) is 0 Å². The summed E-state index contributed by atoms with van der Waals surface area (Å²) in [6.07, 6.45) is 1.94. The molecule has 4 fully saturated rings. The Kier molecular flexibility index (Phi) is 3.29. The molecule has 124 valence electrons. The van der Waals surface area contributed by atoms with Gasteiger partial charge >= 0.3 is 0 Å². The normalized spacial score (nSPS) is 36.7. The molecule has 4 aliphatic rings. The zero-order chi connectivity index (χ0) is 16.3. The highest BCUT2D eigenvalue weighted by Gasteiger charge is 2.54. The first-order valence-electron chi connectivity index (χ1n) is 7.82. The summed E-state index contributed by atoms with van der Waals surface area (Å²) in [6, 6.07) is -1.67. The van der Waals surface area contributed by atoms with Crippen molar-refractivity contribution in [2.24, 2.45) is 5.73 Å². The number of rotatable bonds is 2. The molecule has 0 aromatic rings. The molecular formula is C14H18N4O4S. The van der Waals surface area contributed by atoms with E-state index in [9.17, 15) is 19.2 Å². The SMILES string of the molecule is NC(=O)[C@H]1CS[C@@H]2C[C@H](N3CC(=O)N4CCC[C@H]4C3=O)C(=O)N12. The standard InChI is InChI=1S/C14H18N4O4S/c15-12(20)9-6-23-11-4-8(14(22)18(9)11)17-5-10(19)16-3-1-2-7(16)13(17)21/h7-9,11H,1-6H2,(H2,15,20)/t7-,8-,9+,11+/m0/s1. The molecule has 0 saturated carbocycles. The minimum absolute atomic E-state index is 0.0434. The number of hydrogen-bond donors (Lipinski definition) is 1. The summed E-state index contributed by atoms with van der Waals surface area (Å²) in [4.78, 5) is 53.7. The van der Waals surface area contributed by atoms with Gasteiger partial charge in [0, 0.05) is 18.7 Å². The van der Waals surface area contributed by atoms with Crippen LogP contribution in [0.3, 0.4) is 0 Å². The molecule has 0 spiro atoms. The monoisotopic (exact) mass is 338 g/mol. The quantitative estimate of drug-likeness (QED) is 0.649. The van der Waals surface area contributed by atoms with E-state index >= 15 is 0 Å². The van der Waals surface area contributed by atoms with Gasteiger partial charge in [-0.25, -0.2) is 0 Å². The van der Waals surface area contributed by atoms with Gasteiger partial charge in [-0.1, -0.05) is 0 Å². The Labute approximate surface area is 137 Å². The van der Waals surface area contributed by atoms with E-state index in [1.54, 1.807) is 4.90 Å². The molecule has 4 rings (SSSR count). The van der Waals surface area contributed by atoms with Gasteiger partial charge in [0.25, 0.3) is 0 Å². The first-order chi connectivity index (χ1) is 11.0. The summed E-state index contributed by atoms with van der Waals surface area (Å²) in [5.74, 6) is -0.497. The first-order valence-corrected chi connectivity index (χ1v) is 8.87. The molecule has 4 aliphatic heterocycles. The van der Waals surface area contributed by atoms with Crippen LogP contribution in [0.15, 0.2) is 0 Å². The van der Waals surface area contributed by atoms with Crippen LogP contribution in [-0.2, 0) is 19.2 Å². The third-order valence-corrected chi connectivity index (χ3v) is 6.52. The van der Waals surface area contributed by atoms with Crippen LogP contribution in [0.5, 0.6) is 0 Å². The van der Waals surface area contributed by atoms with Crippen LogP contribution in [0.1, 0.15) is 19.3 Å². The number of fused-ring (bicyclic) bond motifs is 2. The largest absolute Gasteiger partial charge is 0.368 e. The lowest BCUT2D eigenvalue weighted by Gasteiger charge is -2.38. The molecule has 4 saturated heterocycles. The van der Waals surface area contributed by atoms with Crippen molar-refractivity contribution in [2.45, 2.75) is 42.8 Å². The molecule has 0 bridgehead atoms. The molecule has 23 heavy (non-hydrogen) atoms. The van der Waals surface area contributed by atoms with E-state index in [-0.39, 0.29) is 29.6 Å². The van der Waals surface area contributed by atoms with Crippen molar-refractivity contribution in [2.75, 3.05) is 18.8 Å². The topological polar surface area (TPSA) is 104 Å². The molecule has 4 heterocycles. The predicted molar refractivity (Wildman–Crippen MR) is 80.9 cm³/mol. The zero-order valence-electron chi connectivity index (χ0n) is 12.5. The van der Waals surface area contributed by atoms with Gasteiger partial charge in [0.05, 0.1) is 5.37 Å². The Hall–Kier alpha value is -1.77. The third-order valence-electron chi connectivity index (χ3n) is 5.21. The molecule has 4 amide bonds. The zero-order valence-corrected chi connectivity index (χ0v) is 13.3. The second-order valence-electron chi connectivity index (χ2n) is 6.41. The van der Waals surface area contributed by atoms with Crippen molar-refractivity contribution in [3.05, 3.63) is 0 Å². The number of hydrogen-bond acceptors (Lipinski definition) is 5. The van der Waals surface area contributed by atoms with Gasteiger partial charge in [-0.15, -0.1) is 11.8 Å². The highest BCUT2D eigenvalue weighted by Crippen LogP contribution is 2.40. The summed E-state index contributed by atoms with van der Waals surface area (Å²) < 4.78 is 0. The van der Waals surface area contributed by atoms with Crippen LogP contribution >= 0.6 is 11.8 Å². The average molecular weight is 338 g/mol. The summed E-state index contributed by atoms with van der Waals surface area (Å²) >= 11 is 1.51. The van der Waals surface area contributed by atoms with Crippen LogP contribution in [0, 0.1) is 0 Å². The molecule has 0 radical (unpaired) electrons. The van der Waals surface area contributed by atoms with Crippen molar-refractivity contribution >= 4 is 35.4 Å². The minimum atomic E-state index is -0.645. The minimum Gasteiger partial charge on any atom is -0.368 e. The molecule has 0 aromatic carbocycles. The number of amides is 4. The lowest BCUT2D eigenvalue weighted by atomic mass is 10.1. The van der Waals surface area contributed by atoms with Gasteiger partial charge in [0.2, 0.25) is 23.6 Å². The van der Waals surface area contributed by atoms with E-state index in [0.717, 1.165) is 6.42 Å². The summed E-state index contributed by atoms with van der Waals surface area (Å²) in [5, 5.41) is -0.130. The molecule has 8 nitrogen and oxygen atoms in total. The molecule has 4 atom stereocenters. The van der Waals surface area contributed by atoms with Gasteiger partial charge in [-0.3, -0.25) is 19.2 Å². The van der Waals surface area contributed by atoms with E-state index in [2.05, 4.69) is 0 Å². The van der Waals surface area contributed by atoms with E-state index in [1.165, 1.54) is 21.6 Å². The highest BCUT2D eigenvalue weighted by molar-refractivity contribution is 8.00. The number of piperazine rings is 1. The van der Waals surface area contributed by atoms with E-state index in [0.29, 0.717) is 25.1 Å². The van der Waals surface area contributed by atoms with E-state index in [4.69, 9.17) is 5.73 Å². The summed E-state index contributed by atoms with van der Waals surface area (Å²) in [7, 11) is 0. The Balaban J connectivity index is 1.57. The van der Waals surface area contributed by atoms with Crippen molar-refractivity contribution in [3.63, 3.8) is 0 Å². The Morgan fingerprint density at radius 2 is 1.91 bits per heavy atom. The van der Waals surface area contributed by atoms with Crippen LogP contribution in [0.25, 0.3) is 0 Å². The van der Waals surface area contributed by atoms with Crippen LogP contribution in [0.4, 0.5) is 0 Å². The molecule has 0 aromatic heterocycles. The van der Waals surface area contributed by atoms with E-state index in [1.807, 2.05) is 0 Å². The van der Waals surface area contributed by atoms with Gasteiger partial charge in [-0.05, 0) is 12.8 Å². The molecule has 0 aliphatic carbocycles. The summed E-state index contributed by atoms with van der Waals surface area (Å²) in [5.41, 5.74) is 5.37. The molecule has 0 unspecified atom stereocenters. The maximum atomic E-state index is 12.7. The van der Waals surface area contributed by atoms with Gasteiger partial charge in [0.1, 0.15) is 24.7 Å². The smallest absolute Gasteiger partial charge is 0.247 e. The Morgan fingerprint density at radius 1 is 1.13 bits per heavy atom. The van der Waals surface area contributed by atoms with Gasteiger partial charge in [-0.2, -0.15) is 0 Å². The molecular weight excluding hydrogens is 320 g/mol. The number of primary amides is 1. The maximum Gasteiger partial charge on any atom is 0.247 e. The fourth-order valence-corrected chi connectivity index (χ4v) is 5.54. The first kappa shape index (κ1) is 14.8. The number of nitrogens with zero attached hydrogens (tertiary/aromatic N) is 3. The summed E-state index contributed by atoms with van der Waals surface area (Å²) in [6.45, 7) is 0.578. The fraction of sp³-hybridized carbons (Fsp3) is 0.714. The second-order valence-corrected chi connectivity index (χ2v) is 7.63. The third kappa shape index (κ3) is 2.05. The Bertz CT molecular complexity index is 612. The predicted octanol–water partition coefficient (Wildman–Crippen LogP) is -1.65. The number of nitrogens with two attached hydrogens (primary N) is 1. The highest BCUT2D eigenvalue weighted by atomic mass is 32.2. The van der Waals surface area contributed by atoms with Crippen molar-refractivity contribution in [1.82, 2.24) is 14.7 Å². The van der Waals surface area contributed by atoms with Crippen molar-refractivity contribution in [1.29, 1.82) is 0 Å². The van der Waals surface area contributed by atoms with Crippen molar-refractivity contribution < 1.29 is 19.2 Å². The number of thioether (sulfide) groups is 1. The van der Waals surface area contributed by atoms with Gasteiger partial charge < -0.3 is 20.4 Å².